The Kier molecular flexibility index (Phi) is 12.1. The lowest BCUT2D eigenvalue weighted by Crippen LogP contribution is -2.54. The van der Waals surface area contributed by atoms with E-state index in [4.69, 9.17) is 37.9 Å². The van der Waals surface area contributed by atoms with Crippen molar-refractivity contribution < 1.29 is 48.6 Å². The average molecular weight is 616 g/mol. The summed E-state index contributed by atoms with van der Waals surface area (Å²) >= 11 is 12.0. The van der Waals surface area contributed by atoms with Gasteiger partial charge < -0.3 is 30.4 Å². The summed E-state index contributed by atoms with van der Waals surface area (Å²) in [6, 6.07) is 2.04. The summed E-state index contributed by atoms with van der Waals surface area (Å²) in [6.07, 6.45) is -1.45. The van der Waals surface area contributed by atoms with Crippen molar-refractivity contribution >= 4 is 64.4 Å². The summed E-state index contributed by atoms with van der Waals surface area (Å²) in [5.41, 5.74) is -1.48. The number of rotatable bonds is 15. The van der Waals surface area contributed by atoms with Gasteiger partial charge in [0.25, 0.3) is 5.91 Å². The maximum Gasteiger partial charge on any atom is 0.341 e. The number of amides is 2. The fourth-order valence-electron chi connectivity index (χ4n) is 3.95. The van der Waals surface area contributed by atoms with E-state index in [-0.39, 0.29) is 47.2 Å². The van der Waals surface area contributed by atoms with Crippen LogP contribution in [0.25, 0.3) is 0 Å². The van der Waals surface area contributed by atoms with Gasteiger partial charge in [0.15, 0.2) is 12.4 Å². The predicted molar refractivity (Wildman–Crippen MR) is 146 cm³/mol. The molecule has 41 heavy (non-hydrogen) atoms. The molecule has 0 radical (unpaired) electrons. The van der Waals surface area contributed by atoms with E-state index in [0.717, 1.165) is 0 Å². The summed E-state index contributed by atoms with van der Waals surface area (Å²) in [6.45, 7) is 4.32. The number of Topliss-reactive ketones (excluding diaryl/α,β-unsaturated/α-hetero) is 1. The van der Waals surface area contributed by atoms with E-state index in [1.807, 2.05) is 0 Å². The summed E-state index contributed by atoms with van der Waals surface area (Å²) in [5.74, 6) is -6.01. The number of hydrogen-bond donors (Lipinski definition) is 4. The number of halogens is 2. The highest BCUT2D eigenvalue weighted by Crippen LogP contribution is 2.31. The normalized spacial score (nSPS) is 17.6. The van der Waals surface area contributed by atoms with Crippen molar-refractivity contribution in [1.29, 1.82) is 0 Å². The van der Waals surface area contributed by atoms with Crippen LogP contribution in [0, 0.1) is 5.92 Å². The van der Waals surface area contributed by atoms with Crippen LogP contribution in [-0.4, -0.2) is 75.7 Å². The smallest absolute Gasteiger partial charge is 0.341 e. The van der Waals surface area contributed by atoms with Gasteiger partial charge in [-0.2, -0.15) is 0 Å². The zero-order valence-electron chi connectivity index (χ0n) is 22.6. The third-order valence-corrected chi connectivity index (χ3v) is 6.91. The molecule has 1 aromatic carbocycles. The molecule has 15 heteroatoms. The molecule has 4 N–H and O–H groups in total. The molecular formula is C26H31Cl2N3O10. The van der Waals surface area contributed by atoms with Gasteiger partial charge in [-0.3, -0.25) is 24.0 Å². The number of carboxylic acids is 2. The Morgan fingerprint density at radius 2 is 1.68 bits per heavy atom. The van der Waals surface area contributed by atoms with Crippen molar-refractivity contribution in [2.75, 3.05) is 6.61 Å². The molecule has 1 aliphatic heterocycles. The van der Waals surface area contributed by atoms with Crippen LogP contribution in [0.3, 0.4) is 0 Å². The van der Waals surface area contributed by atoms with E-state index in [1.54, 1.807) is 20.8 Å². The third-order valence-electron chi connectivity index (χ3n) is 6.28. The van der Waals surface area contributed by atoms with Gasteiger partial charge in [0.1, 0.15) is 6.04 Å². The number of benzene rings is 1. The fraction of sp³-hybridized carbons (Fsp3) is 0.500. The molecule has 0 saturated carbocycles. The van der Waals surface area contributed by atoms with Crippen molar-refractivity contribution in [3.05, 3.63) is 33.8 Å². The number of carbonyl (C=O) groups is 6. The number of ketones is 1. The number of aliphatic carboxylic acids is 2. The minimum atomic E-state index is -1.62. The molecule has 13 nitrogen and oxygen atoms in total. The van der Waals surface area contributed by atoms with Gasteiger partial charge in [-0.15, -0.1) is 0 Å². The van der Waals surface area contributed by atoms with Crippen molar-refractivity contribution in [1.82, 2.24) is 10.6 Å². The summed E-state index contributed by atoms with van der Waals surface area (Å²) < 4.78 is 4.99. The van der Waals surface area contributed by atoms with Gasteiger partial charge >= 0.3 is 17.9 Å². The van der Waals surface area contributed by atoms with Gasteiger partial charge in [-0.25, -0.2) is 4.79 Å². The lowest BCUT2D eigenvalue weighted by molar-refractivity contribution is -0.148. The van der Waals surface area contributed by atoms with Crippen LogP contribution in [0.1, 0.15) is 63.2 Å². The van der Waals surface area contributed by atoms with E-state index in [1.165, 1.54) is 18.2 Å². The van der Waals surface area contributed by atoms with Crippen LogP contribution in [0.2, 0.25) is 10.0 Å². The first kappa shape index (κ1) is 33.5. The number of carbonyl (C=O) groups excluding carboxylic acids is 4. The van der Waals surface area contributed by atoms with Gasteiger partial charge in [0.05, 0.1) is 40.2 Å². The zero-order chi connectivity index (χ0) is 30.9. The highest BCUT2D eigenvalue weighted by atomic mass is 35.5. The standard InChI is InChI=1S/C26H31Cl2N3O10/c1-4-26(11-17(31-41-26)23(13(2)3)30-19(33)8-9-20(34)35)25(39)29-16(10-21(36)37)18(32)12-40-24(38)22-14(27)6-5-7-15(22)28/h5-7,13,16,23H,4,8-12H2,1-3H3,(H,29,39)(H,30,33)(H,34,35)(H,36,37)/t16-,23-,26?/m0/s1. The largest absolute Gasteiger partial charge is 0.481 e. The molecule has 1 aliphatic rings. The Balaban J connectivity index is 2.12. The van der Waals surface area contributed by atoms with Gasteiger partial charge in [-0.1, -0.05) is 55.2 Å². The van der Waals surface area contributed by atoms with Crippen molar-refractivity contribution in [2.45, 2.75) is 70.6 Å². The van der Waals surface area contributed by atoms with Crippen LogP contribution < -0.4 is 10.6 Å². The maximum atomic E-state index is 13.3. The molecule has 0 fully saturated rings. The van der Waals surface area contributed by atoms with Crippen LogP contribution >= 0.6 is 23.2 Å². The number of nitrogens with zero attached hydrogens (tertiary/aromatic N) is 1. The maximum absolute atomic E-state index is 13.3. The summed E-state index contributed by atoms with van der Waals surface area (Å²) in [4.78, 5) is 78.6. The Bertz CT molecular complexity index is 1220. The lowest BCUT2D eigenvalue weighted by atomic mass is 9.87. The molecule has 2 rings (SSSR count). The Morgan fingerprint density at radius 1 is 1.05 bits per heavy atom. The fourth-order valence-corrected chi connectivity index (χ4v) is 4.51. The molecule has 0 saturated heterocycles. The molecule has 0 bridgehead atoms. The third kappa shape index (κ3) is 9.15. The minimum Gasteiger partial charge on any atom is -0.481 e. The summed E-state index contributed by atoms with van der Waals surface area (Å²) in [5, 5.41) is 27.2. The van der Waals surface area contributed by atoms with Crippen molar-refractivity contribution in [2.24, 2.45) is 11.1 Å². The second-order valence-electron chi connectivity index (χ2n) is 9.64. The first-order valence-corrected chi connectivity index (χ1v) is 13.4. The number of oxime groups is 1. The molecule has 1 heterocycles. The second kappa shape index (κ2) is 14.8. The first-order valence-electron chi connectivity index (χ1n) is 12.6. The number of ether oxygens (including phenoxy) is 1. The molecule has 2 amide bonds. The van der Waals surface area contributed by atoms with E-state index in [2.05, 4.69) is 15.8 Å². The predicted octanol–water partition coefficient (Wildman–Crippen LogP) is 2.61. The quantitative estimate of drug-likeness (QED) is 0.213. The van der Waals surface area contributed by atoms with Crippen molar-refractivity contribution in [3.63, 3.8) is 0 Å². The number of esters is 1. The molecule has 1 unspecified atom stereocenters. The SMILES string of the molecule is CCC1(C(=O)N[C@@H](CC(=O)O)C(=O)COC(=O)c2c(Cl)cccc2Cl)CC([C@@H](NC(=O)CCC(=O)O)C(C)C)=NO1. The average Bonchev–Trinajstić information content (AvgIpc) is 3.33. The Morgan fingerprint density at radius 3 is 2.22 bits per heavy atom. The monoisotopic (exact) mass is 615 g/mol. The Hall–Kier alpha value is -3.71. The Labute approximate surface area is 245 Å². The van der Waals surface area contributed by atoms with Crippen LogP contribution in [-0.2, 0) is 33.5 Å². The molecule has 0 aromatic heterocycles. The molecular weight excluding hydrogens is 585 g/mol. The van der Waals surface area contributed by atoms with Gasteiger partial charge in [0.2, 0.25) is 11.5 Å². The number of hydrogen-bond acceptors (Lipinski definition) is 9. The minimum absolute atomic E-state index is 0.0119. The van der Waals surface area contributed by atoms with Crippen LogP contribution in [0.4, 0.5) is 0 Å². The van der Waals surface area contributed by atoms with Crippen molar-refractivity contribution in [3.8, 4) is 0 Å². The van der Waals surface area contributed by atoms with E-state index in [0.29, 0.717) is 5.71 Å². The van der Waals surface area contributed by atoms with E-state index >= 15 is 0 Å². The lowest BCUT2D eigenvalue weighted by Gasteiger charge is -2.27. The molecule has 224 valence electrons. The summed E-state index contributed by atoms with van der Waals surface area (Å²) in [7, 11) is 0. The zero-order valence-corrected chi connectivity index (χ0v) is 24.1. The number of nitrogens with one attached hydrogen (secondary N) is 2. The molecule has 0 aliphatic carbocycles. The topological polar surface area (TPSA) is 198 Å². The molecule has 1 aromatic rings. The van der Waals surface area contributed by atoms with E-state index in [9.17, 15) is 33.9 Å². The number of carboxylic acid groups (broad SMARTS) is 2. The first-order chi connectivity index (χ1) is 19.2. The van der Waals surface area contributed by atoms with Gasteiger partial charge in [0, 0.05) is 12.8 Å². The highest BCUT2D eigenvalue weighted by Gasteiger charge is 2.48. The second-order valence-corrected chi connectivity index (χ2v) is 10.5. The van der Waals surface area contributed by atoms with Crippen LogP contribution in [0.15, 0.2) is 23.4 Å². The molecule has 0 spiro atoms. The van der Waals surface area contributed by atoms with Gasteiger partial charge in [-0.05, 0) is 24.5 Å². The highest BCUT2D eigenvalue weighted by molar-refractivity contribution is 6.39. The molecule has 3 atom stereocenters. The van der Waals surface area contributed by atoms with Crippen LogP contribution in [0.5, 0.6) is 0 Å². The van der Waals surface area contributed by atoms with E-state index < -0.39 is 66.2 Å².